The summed E-state index contributed by atoms with van der Waals surface area (Å²) < 4.78 is 10.7. The van der Waals surface area contributed by atoms with E-state index in [9.17, 15) is 4.79 Å². The van der Waals surface area contributed by atoms with Gasteiger partial charge in [-0.3, -0.25) is 4.79 Å². The first kappa shape index (κ1) is 15.7. The molecule has 1 aromatic rings. The molecule has 0 heterocycles. The highest BCUT2D eigenvalue weighted by Gasteiger charge is 2.15. The lowest BCUT2D eigenvalue weighted by Crippen LogP contribution is -2.24. The Morgan fingerprint density at radius 2 is 1.95 bits per heavy atom. The summed E-state index contributed by atoms with van der Waals surface area (Å²) in [4.78, 5) is 11.4. The van der Waals surface area contributed by atoms with Gasteiger partial charge >= 0.3 is 5.97 Å². The first-order valence-corrected chi connectivity index (χ1v) is 6.72. The SMILES string of the molecule is Cc1cccc(CCOCCC(=O)OC(C)(C)C)c1. The summed E-state index contributed by atoms with van der Waals surface area (Å²) in [6.45, 7) is 8.72. The molecule has 0 amide bonds. The van der Waals surface area contributed by atoms with Crippen LogP contribution in [0.1, 0.15) is 38.3 Å². The van der Waals surface area contributed by atoms with Crippen LogP contribution in [0.2, 0.25) is 0 Å². The van der Waals surface area contributed by atoms with E-state index >= 15 is 0 Å². The molecule has 0 radical (unpaired) electrons. The average Bonchev–Trinajstić information content (AvgIpc) is 2.26. The van der Waals surface area contributed by atoms with Gasteiger partial charge in [0.2, 0.25) is 0 Å². The monoisotopic (exact) mass is 264 g/mol. The maximum atomic E-state index is 11.4. The van der Waals surface area contributed by atoms with E-state index in [1.807, 2.05) is 26.8 Å². The van der Waals surface area contributed by atoms with Crippen LogP contribution in [-0.4, -0.2) is 24.8 Å². The summed E-state index contributed by atoms with van der Waals surface area (Å²) in [5.74, 6) is -0.206. The number of benzene rings is 1. The van der Waals surface area contributed by atoms with Gasteiger partial charge in [0.25, 0.3) is 0 Å². The molecule has 0 aliphatic carbocycles. The number of hydrogen-bond acceptors (Lipinski definition) is 3. The molecule has 0 unspecified atom stereocenters. The molecule has 0 aromatic heterocycles. The third-order valence-corrected chi connectivity index (χ3v) is 2.49. The number of aryl methyl sites for hydroxylation is 1. The summed E-state index contributed by atoms with van der Waals surface area (Å²) in [5.41, 5.74) is 2.10. The summed E-state index contributed by atoms with van der Waals surface area (Å²) in [7, 11) is 0. The van der Waals surface area contributed by atoms with Crippen molar-refractivity contribution in [1.29, 1.82) is 0 Å². The van der Waals surface area contributed by atoms with Crippen LogP contribution in [-0.2, 0) is 20.7 Å². The highest BCUT2D eigenvalue weighted by atomic mass is 16.6. The van der Waals surface area contributed by atoms with E-state index in [-0.39, 0.29) is 5.97 Å². The van der Waals surface area contributed by atoms with Gasteiger partial charge in [0, 0.05) is 0 Å². The molecule has 1 rings (SSSR count). The molecule has 0 saturated carbocycles. The lowest BCUT2D eigenvalue weighted by atomic mass is 10.1. The highest BCUT2D eigenvalue weighted by molar-refractivity contribution is 5.69. The van der Waals surface area contributed by atoms with Gasteiger partial charge in [0.1, 0.15) is 5.60 Å². The van der Waals surface area contributed by atoms with E-state index in [0.29, 0.717) is 19.6 Å². The van der Waals surface area contributed by atoms with Gasteiger partial charge in [0.05, 0.1) is 19.6 Å². The van der Waals surface area contributed by atoms with Crippen LogP contribution in [0, 0.1) is 6.92 Å². The Morgan fingerprint density at radius 3 is 2.58 bits per heavy atom. The van der Waals surface area contributed by atoms with Crippen LogP contribution in [0.15, 0.2) is 24.3 Å². The maximum absolute atomic E-state index is 11.4. The number of hydrogen-bond donors (Lipinski definition) is 0. The Labute approximate surface area is 115 Å². The van der Waals surface area contributed by atoms with Gasteiger partial charge < -0.3 is 9.47 Å². The molecule has 19 heavy (non-hydrogen) atoms. The molecule has 0 atom stereocenters. The van der Waals surface area contributed by atoms with E-state index in [0.717, 1.165) is 6.42 Å². The fraction of sp³-hybridized carbons (Fsp3) is 0.562. The standard InChI is InChI=1S/C16H24O3/c1-13-6-5-7-14(12-13)8-10-18-11-9-15(17)19-16(2,3)4/h5-7,12H,8-11H2,1-4H3. The van der Waals surface area contributed by atoms with E-state index < -0.39 is 5.60 Å². The van der Waals surface area contributed by atoms with Crippen LogP contribution < -0.4 is 0 Å². The number of ether oxygens (including phenoxy) is 2. The van der Waals surface area contributed by atoms with Crippen LogP contribution in [0.3, 0.4) is 0 Å². The van der Waals surface area contributed by atoms with Crippen LogP contribution >= 0.6 is 0 Å². The summed E-state index contributed by atoms with van der Waals surface area (Å²) in [5, 5.41) is 0. The van der Waals surface area contributed by atoms with E-state index in [4.69, 9.17) is 9.47 Å². The molecular weight excluding hydrogens is 240 g/mol. The van der Waals surface area contributed by atoms with Crippen LogP contribution in [0.25, 0.3) is 0 Å². The maximum Gasteiger partial charge on any atom is 0.308 e. The van der Waals surface area contributed by atoms with Crippen molar-refractivity contribution in [3.05, 3.63) is 35.4 Å². The second kappa shape index (κ2) is 7.29. The summed E-state index contributed by atoms with van der Waals surface area (Å²) in [6, 6.07) is 8.36. The fourth-order valence-corrected chi connectivity index (χ4v) is 1.71. The number of carbonyl (C=O) groups is 1. The van der Waals surface area contributed by atoms with Crippen LogP contribution in [0.5, 0.6) is 0 Å². The predicted molar refractivity (Wildman–Crippen MR) is 76.2 cm³/mol. The molecule has 0 bridgehead atoms. The quantitative estimate of drug-likeness (QED) is 0.584. The fourth-order valence-electron chi connectivity index (χ4n) is 1.71. The van der Waals surface area contributed by atoms with Crippen molar-refractivity contribution in [3.63, 3.8) is 0 Å². The zero-order valence-corrected chi connectivity index (χ0v) is 12.4. The molecule has 0 aliphatic heterocycles. The van der Waals surface area contributed by atoms with Crippen molar-refractivity contribution in [2.45, 2.75) is 46.1 Å². The highest BCUT2D eigenvalue weighted by Crippen LogP contribution is 2.08. The van der Waals surface area contributed by atoms with Gasteiger partial charge in [-0.15, -0.1) is 0 Å². The van der Waals surface area contributed by atoms with E-state index in [1.54, 1.807) is 0 Å². The number of rotatable bonds is 6. The van der Waals surface area contributed by atoms with E-state index in [2.05, 4.69) is 25.1 Å². The summed E-state index contributed by atoms with van der Waals surface area (Å²) >= 11 is 0. The molecular formula is C16H24O3. The lowest BCUT2D eigenvalue weighted by Gasteiger charge is -2.19. The molecule has 0 aliphatic rings. The zero-order chi connectivity index (χ0) is 14.3. The lowest BCUT2D eigenvalue weighted by molar-refractivity contribution is -0.156. The van der Waals surface area contributed by atoms with Gasteiger partial charge in [-0.05, 0) is 39.7 Å². The minimum atomic E-state index is -0.418. The largest absolute Gasteiger partial charge is 0.460 e. The smallest absolute Gasteiger partial charge is 0.308 e. The van der Waals surface area contributed by atoms with Gasteiger partial charge in [0.15, 0.2) is 0 Å². The van der Waals surface area contributed by atoms with E-state index in [1.165, 1.54) is 11.1 Å². The Morgan fingerprint density at radius 1 is 1.21 bits per heavy atom. The predicted octanol–water partition coefficient (Wildman–Crippen LogP) is 3.29. The molecule has 0 N–H and O–H groups in total. The molecule has 106 valence electrons. The molecule has 0 spiro atoms. The van der Waals surface area contributed by atoms with Crippen molar-refractivity contribution in [3.8, 4) is 0 Å². The molecule has 0 saturated heterocycles. The minimum absolute atomic E-state index is 0.206. The van der Waals surface area contributed by atoms with Gasteiger partial charge in [-0.1, -0.05) is 29.8 Å². The Bertz CT molecular complexity index is 405. The third kappa shape index (κ3) is 7.62. The van der Waals surface area contributed by atoms with Gasteiger partial charge in [-0.25, -0.2) is 0 Å². The van der Waals surface area contributed by atoms with Crippen molar-refractivity contribution in [2.75, 3.05) is 13.2 Å². The normalized spacial score (nSPS) is 11.4. The Hall–Kier alpha value is -1.35. The Kier molecular flexibility index (Phi) is 6.03. The van der Waals surface area contributed by atoms with Crippen molar-refractivity contribution < 1.29 is 14.3 Å². The van der Waals surface area contributed by atoms with Crippen molar-refractivity contribution in [2.24, 2.45) is 0 Å². The molecule has 3 heteroatoms. The van der Waals surface area contributed by atoms with Gasteiger partial charge in [-0.2, -0.15) is 0 Å². The minimum Gasteiger partial charge on any atom is -0.460 e. The topological polar surface area (TPSA) is 35.5 Å². The Balaban J connectivity index is 2.13. The number of carbonyl (C=O) groups excluding carboxylic acids is 1. The van der Waals surface area contributed by atoms with Crippen LogP contribution in [0.4, 0.5) is 0 Å². The molecule has 1 aromatic carbocycles. The first-order valence-electron chi connectivity index (χ1n) is 6.72. The number of esters is 1. The van der Waals surface area contributed by atoms with Crippen molar-refractivity contribution in [1.82, 2.24) is 0 Å². The second-order valence-electron chi connectivity index (χ2n) is 5.69. The first-order chi connectivity index (χ1) is 8.87. The van der Waals surface area contributed by atoms with Crippen molar-refractivity contribution >= 4 is 5.97 Å². The summed E-state index contributed by atoms with van der Waals surface area (Å²) in [6.07, 6.45) is 1.18. The third-order valence-electron chi connectivity index (χ3n) is 2.49. The average molecular weight is 264 g/mol. The second-order valence-corrected chi connectivity index (χ2v) is 5.69. The molecule has 3 nitrogen and oxygen atoms in total. The molecule has 0 fully saturated rings. The zero-order valence-electron chi connectivity index (χ0n) is 12.4.